The van der Waals surface area contributed by atoms with E-state index < -0.39 is 0 Å². The standard InChI is InChI=1S/C8H12O.C2H6/c1-7-4-5-8(2,3)9-6-7;1-2/h4-6H,1-3H3;1-2H3. The van der Waals surface area contributed by atoms with Gasteiger partial charge in [-0.3, -0.25) is 0 Å². The van der Waals surface area contributed by atoms with Gasteiger partial charge in [0.15, 0.2) is 0 Å². The van der Waals surface area contributed by atoms with Crippen LogP contribution in [0.15, 0.2) is 24.0 Å². The van der Waals surface area contributed by atoms with Gasteiger partial charge in [-0.2, -0.15) is 0 Å². The minimum Gasteiger partial charge on any atom is -0.491 e. The van der Waals surface area contributed by atoms with Gasteiger partial charge in [-0.15, -0.1) is 0 Å². The molecule has 0 saturated heterocycles. The Bertz CT molecular complexity index is 164. The van der Waals surface area contributed by atoms with Crippen molar-refractivity contribution in [3.63, 3.8) is 0 Å². The second-order valence-corrected chi connectivity index (χ2v) is 2.92. The van der Waals surface area contributed by atoms with Crippen LogP contribution in [0.1, 0.15) is 34.6 Å². The third-order valence-electron chi connectivity index (χ3n) is 1.30. The van der Waals surface area contributed by atoms with E-state index in [-0.39, 0.29) is 5.60 Å². The lowest BCUT2D eigenvalue weighted by molar-refractivity contribution is 0.0997. The van der Waals surface area contributed by atoms with E-state index in [4.69, 9.17) is 4.74 Å². The fourth-order valence-electron chi connectivity index (χ4n) is 0.656. The Hall–Kier alpha value is -0.720. The van der Waals surface area contributed by atoms with Gasteiger partial charge in [0.05, 0.1) is 6.26 Å². The molecule has 0 aliphatic carbocycles. The van der Waals surface area contributed by atoms with Crippen molar-refractivity contribution in [3.05, 3.63) is 24.0 Å². The van der Waals surface area contributed by atoms with Crippen LogP contribution >= 0.6 is 0 Å². The van der Waals surface area contributed by atoms with Gasteiger partial charge in [0.2, 0.25) is 0 Å². The van der Waals surface area contributed by atoms with Crippen molar-refractivity contribution in [2.45, 2.75) is 40.2 Å². The monoisotopic (exact) mass is 154 g/mol. The smallest absolute Gasteiger partial charge is 0.121 e. The van der Waals surface area contributed by atoms with Crippen LogP contribution in [0, 0.1) is 0 Å². The molecule has 0 aromatic carbocycles. The molecule has 0 spiro atoms. The van der Waals surface area contributed by atoms with Crippen LogP contribution in [0.4, 0.5) is 0 Å². The van der Waals surface area contributed by atoms with E-state index in [2.05, 4.69) is 12.2 Å². The van der Waals surface area contributed by atoms with Crippen LogP contribution in [0.3, 0.4) is 0 Å². The summed E-state index contributed by atoms with van der Waals surface area (Å²) in [5, 5.41) is 0. The third-order valence-corrected chi connectivity index (χ3v) is 1.30. The van der Waals surface area contributed by atoms with Crippen LogP contribution in [0.5, 0.6) is 0 Å². The van der Waals surface area contributed by atoms with Crippen LogP contribution in [-0.4, -0.2) is 5.60 Å². The van der Waals surface area contributed by atoms with E-state index in [1.165, 1.54) is 5.57 Å². The summed E-state index contributed by atoms with van der Waals surface area (Å²) < 4.78 is 5.33. The van der Waals surface area contributed by atoms with Crippen molar-refractivity contribution in [2.24, 2.45) is 0 Å². The van der Waals surface area contributed by atoms with Crippen molar-refractivity contribution < 1.29 is 4.74 Å². The van der Waals surface area contributed by atoms with Gasteiger partial charge in [0.25, 0.3) is 0 Å². The molecule has 0 radical (unpaired) electrons. The molecular weight excluding hydrogens is 136 g/mol. The van der Waals surface area contributed by atoms with Gasteiger partial charge in [-0.25, -0.2) is 0 Å². The molecule has 0 N–H and O–H groups in total. The number of rotatable bonds is 0. The Morgan fingerprint density at radius 2 is 1.82 bits per heavy atom. The highest BCUT2D eigenvalue weighted by atomic mass is 16.5. The van der Waals surface area contributed by atoms with Gasteiger partial charge >= 0.3 is 0 Å². The summed E-state index contributed by atoms with van der Waals surface area (Å²) in [6.07, 6.45) is 5.92. The molecule has 1 heteroatoms. The fraction of sp³-hybridized carbons (Fsp3) is 0.600. The molecule has 0 aromatic rings. The zero-order valence-electron chi connectivity index (χ0n) is 8.14. The molecule has 0 unspecified atom stereocenters. The molecule has 1 aliphatic rings. The van der Waals surface area contributed by atoms with E-state index >= 15 is 0 Å². The molecule has 0 atom stereocenters. The Morgan fingerprint density at radius 3 is 2.09 bits per heavy atom. The fourth-order valence-corrected chi connectivity index (χ4v) is 0.656. The molecular formula is C10H18O. The molecule has 1 nitrogen and oxygen atoms in total. The second kappa shape index (κ2) is 4.22. The Labute approximate surface area is 69.8 Å². The summed E-state index contributed by atoms with van der Waals surface area (Å²) in [6.45, 7) is 10.1. The Balaban J connectivity index is 0.000000461. The highest BCUT2D eigenvalue weighted by Gasteiger charge is 2.15. The number of allylic oxidation sites excluding steroid dienone is 2. The summed E-state index contributed by atoms with van der Waals surface area (Å²) in [6, 6.07) is 0. The van der Waals surface area contributed by atoms with Crippen LogP contribution in [0.25, 0.3) is 0 Å². The molecule has 1 heterocycles. The van der Waals surface area contributed by atoms with E-state index in [1.807, 2.05) is 34.6 Å². The van der Waals surface area contributed by atoms with Crippen molar-refractivity contribution in [1.82, 2.24) is 0 Å². The maximum Gasteiger partial charge on any atom is 0.121 e. The SMILES string of the molecule is CC.CC1=COC(C)(C)C=C1. The maximum atomic E-state index is 5.33. The van der Waals surface area contributed by atoms with Crippen molar-refractivity contribution >= 4 is 0 Å². The quantitative estimate of drug-likeness (QED) is 0.520. The number of hydrogen-bond donors (Lipinski definition) is 0. The van der Waals surface area contributed by atoms with E-state index in [9.17, 15) is 0 Å². The first-order valence-electron chi connectivity index (χ1n) is 4.14. The van der Waals surface area contributed by atoms with E-state index in [0.29, 0.717) is 0 Å². The van der Waals surface area contributed by atoms with E-state index in [0.717, 1.165) is 0 Å². The van der Waals surface area contributed by atoms with Gasteiger partial charge < -0.3 is 4.74 Å². The minimum atomic E-state index is -0.0977. The van der Waals surface area contributed by atoms with Crippen LogP contribution in [-0.2, 0) is 4.74 Å². The van der Waals surface area contributed by atoms with Crippen molar-refractivity contribution in [3.8, 4) is 0 Å². The lowest BCUT2D eigenvalue weighted by atomic mass is 10.1. The summed E-state index contributed by atoms with van der Waals surface area (Å²) in [7, 11) is 0. The molecule has 64 valence electrons. The van der Waals surface area contributed by atoms with Gasteiger partial charge in [-0.1, -0.05) is 19.9 Å². The molecule has 0 saturated carbocycles. The molecule has 11 heavy (non-hydrogen) atoms. The number of hydrogen-bond acceptors (Lipinski definition) is 1. The highest BCUT2D eigenvalue weighted by molar-refractivity contribution is 5.20. The van der Waals surface area contributed by atoms with Gasteiger partial charge in [-0.05, 0) is 32.4 Å². The number of ether oxygens (including phenoxy) is 1. The molecule has 0 fully saturated rings. The Kier molecular flexibility index (Phi) is 3.94. The Morgan fingerprint density at radius 1 is 1.27 bits per heavy atom. The third kappa shape index (κ3) is 3.87. The van der Waals surface area contributed by atoms with Crippen LogP contribution in [0.2, 0.25) is 0 Å². The largest absolute Gasteiger partial charge is 0.491 e. The first kappa shape index (κ1) is 10.3. The summed E-state index contributed by atoms with van der Waals surface area (Å²) in [5.74, 6) is 0. The summed E-state index contributed by atoms with van der Waals surface area (Å²) in [5.41, 5.74) is 1.08. The average molecular weight is 154 g/mol. The van der Waals surface area contributed by atoms with Crippen molar-refractivity contribution in [1.29, 1.82) is 0 Å². The normalized spacial score (nSPS) is 19.2. The predicted molar refractivity (Wildman–Crippen MR) is 49.4 cm³/mol. The topological polar surface area (TPSA) is 9.23 Å². The maximum absolute atomic E-state index is 5.33. The zero-order valence-corrected chi connectivity index (χ0v) is 8.14. The molecule has 0 aromatic heterocycles. The first-order chi connectivity index (χ1) is 5.10. The van der Waals surface area contributed by atoms with Crippen molar-refractivity contribution in [2.75, 3.05) is 0 Å². The van der Waals surface area contributed by atoms with Crippen LogP contribution < -0.4 is 0 Å². The average Bonchev–Trinajstić information content (AvgIpc) is 2.00. The molecule has 1 rings (SSSR count). The lowest BCUT2D eigenvalue weighted by Crippen LogP contribution is -2.20. The summed E-state index contributed by atoms with van der Waals surface area (Å²) in [4.78, 5) is 0. The van der Waals surface area contributed by atoms with Gasteiger partial charge in [0, 0.05) is 0 Å². The predicted octanol–water partition coefficient (Wildman–Crippen LogP) is 3.28. The van der Waals surface area contributed by atoms with Gasteiger partial charge in [0.1, 0.15) is 5.60 Å². The zero-order chi connectivity index (χ0) is 8.91. The molecule has 0 amide bonds. The second-order valence-electron chi connectivity index (χ2n) is 2.92. The lowest BCUT2D eigenvalue weighted by Gasteiger charge is -2.23. The molecule has 1 aliphatic heterocycles. The molecule has 0 bridgehead atoms. The minimum absolute atomic E-state index is 0.0977. The van der Waals surface area contributed by atoms with E-state index in [1.54, 1.807) is 6.26 Å². The highest BCUT2D eigenvalue weighted by Crippen LogP contribution is 2.18. The first-order valence-corrected chi connectivity index (χ1v) is 4.14. The summed E-state index contributed by atoms with van der Waals surface area (Å²) >= 11 is 0.